The zero-order valence-corrected chi connectivity index (χ0v) is 15.4. The number of nitro groups is 1. The van der Waals surface area contributed by atoms with Crippen LogP contribution in [0.3, 0.4) is 0 Å². The summed E-state index contributed by atoms with van der Waals surface area (Å²) in [5, 5.41) is 11.1. The summed E-state index contributed by atoms with van der Waals surface area (Å²) >= 11 is 0. The molecule has 0 aliphatic carbocycles. The number of piperidine rings is 1. The van der Waals surface area contributed by atoms with Crippen molar-refractivity contribution in [3.05, 3.63) is 39.2 Å². The molecule has 0 atom stereocenters. The Hall–Kier alpha value is -2.64. The van der Waals surface area contributed by atoms with Crippen LogP contribution in [0.25, 0.3) is 6.08 Å². The molecule has 8 heteroatoms. The van der Waals surface area contributed by atoms with Crippen LogP contribution in [0.5, 0.6) is 5.75 Å². The normalized spacial score (nSPS) is 16.5. The lowest BCUT2D eigenvalue weighted by atomic mass is 10.0. The van der Waals surface area contributed by atoms with E-state index >= 15 is 0 Å². The summed E-state index contributed by atoms with van der Waals surface area (Å²) in [6.45, 7) is 6.31. The van der Waals surface area contributed by atoms with Crippen molar-refractivity contribution in [1.29, 1.82) is 0 Å². The molecule has 1 heterocycles. The molecule has 0 radical (unpaired) electrons. The average molecular weight is 366 g/mol. The highest BCUT2D eigenvalue weighted by Gasteiger charge is 2.25. The molecule has 142 valence electrons. The Morgan fingerprint density at radius 2 is 2.08 bits per heavy atom. The molecular weight excluding hydrogens is 343 g/mol. The number of carbonyl (C=O) groups excluding carboxylic acids is 1. The van der Waals surface area contributed by atoms with Crippen molar-refractivity contribution in [2.75, 3.05) is 20.2 Å². The molecule has 0 saturated carbocycles. The highest BCUT2D eigenvalue weighted by atomic mass is 19.1. The third-order valence-electron chi connectivity index (χ3n) is 3.79. The fourth-order valence-corrected chi connectivity index (χ4v) is 2.76. The molecule has 1 amide bonds. The Morgan fingerprint density at radius 3 is 2.65 bits per heavy atom. The molecular formula is C18H23FN2O5. The van der Waals surface area contributed by atoms with Crippen molar-refractivity contribution < 1.29 is 23.6 Å². The molecule has 0 N–H and O–H groups in total. The van der Waals surface area contributed by atoms with E-state index in [9.17, 15) is 19.3 Å². The SMILES string of the molecule is COc1c(F)cc(/C=C2\CCCN(C(=O)OC(C)(C)C)C2)cc1[N+](=O)[O-]. The molecule has 0 spiro atoms. The van der Waals surface area contributed by atoms with E-state index < -0.39 is 33.9 Å². The third-order valence-corrected chi connectivity index (χ3v) is 3.79. The number of likely N-dealkylation sites (tertiary alicyclic amines) is 1. The van der Waals surface area contributed by atoms with Crippen LogP contribution in [0, 0.1) is 15.9 Å². The minimum atomic E-state index is -0.798. The van der Waals surface area contributed by atoms with Gasteiger partial charge in [0.05, 0.1) is 12.0 Å². The molecule has 7 nitrogen and oxygen atoms in total. The van der Waals surface area contributed by atoms with Crippen LogP contribution in [0.15, 0.2) is 17.7 Å². The molecule has 1 aliphatic rings. The number of halogens is 1. The van der Waals surface area contributed by atoms with Crippen molar-refractivity contribution in [3.63, 3.8) is 0 Å². The van der Waals surface area contributed by atoms with Gasteiger partial charge in [0, 0.05) is 19.2 Å². The van der Waals surface area contributed by atoms with Crippen LogP contribution in [0.2, 0.25) is 0 Å². The van der Waals surface area contributed by atoms with Gasteiger partial charge in [-0.05, 0) is 45.2 Å². The molecule has 2 rings (SSSR count). The molecule has 0 unspecified atom stereocenters. The maximum Gasteiger partial charge on any atom is 0.410 e. The Kier molecular flexibility index (Phi) is 5.84. The molecule has 1 saturated heterocycles. The predicted molar refractivity (Wildman–Crippen MR) is 94.6 cm³/mol. The van der Waals surface area contributed by atoms with Crippen molar-refractivity contribution in [3.8, 4) is 5.75 Å². The summed E-state index contributed by atoms with van der Waals surface area (Å²) in [5.74, 6) is -1.19. The fraction of sp³-hybridized carbons (Fsp3) is 0.500. The van der Waals surface area contributed by atoms with E-state index in [-0.39, 0.29) is 0 Å². The fourth-order valence-electron chi connectivity index (χ4n) is 2.76. The van der Waals surface area contributed by atoms with Crippen LogP contribution in [0.4, 0.5) is 14.9 Å². The minimum Gasteiger partial charge on any atom is -0.488 e. The number of hydrogen-bond acceptors (Lipinski definition) is 5. The number of hydrogen-bond donors (Lipinski definition) is 0. The highest BCUT2D eigenvalue weighted by Crippen LogP contribution is 2.32. The zero-order chi connectivity index (χ0) is 19.5. The van der Waals surface area contributed by atoms with E-state index in [0.717, 1.165) is 18.4 Å². The summed E-state index contributed by atoms with van der Waals surface area (Å²) in [6, 6.07) is 2.45. The summed E-state index contributed by atoms with van der Waals surface area (Å²) in [7, 11) is 1.18. The van der Waals surface area contributed by atoms with Crippen LogP contribution < -0.4 is 4.74 Å². The molecule has 1 aliphatic heterocycles. The van der Waals surface area contributed by atoms with Gasteiger partial charge in [-0.3, -0.25) is 10.1 Å². The summed E-state index contributed by atoms with van der Waals surface area (Å²) < 4.78 is 24.2. The minimum absolute atomic E-state index is 0.344. The van der Waals surface area contributed by atoms with Gasteiger partial charge >= 0.3 is 11.8 Å². The third kappa shape index (κ3) is 4.93. The second-order valence-electron chi connectivity index (χ2n) is 7.12. The molecule has 1 aromatic carbocycles. The van der Waals surface area contributed by atoms with E-state index in [2.05, 4.69) is 0 Å². The lowest BCUT2D eigenvalue weighted by Crippen LogP contribution is -2.40. The first-order valence-electron chi connectivity index (χ1n) is 8.30. The topological polar surface area (TPSA) is 81.9 Å². The highest BCUT2D eigenvalue weighted by molar-refractivity contribution is 5.69. The largest absolute Gasteiger partial charge is 0.488 e. The standard InChI is InChI=1S/C18H23FN2O5/c1-18(2,3)26-17(22)20-7-5-6-12(11-20)8-13-9-14(19)16(25-4)15(10-13)21(23)24/h8-10H,5-7,11H2,1-4H3/b12-8+. The van der Waals surface area contributed by atoms with Crippen LogP contribution >= 0.6 is 0 Å². The molecule has 26 heavy (non-hydrogen) atoms. The van der Waals surface area contributed by atoms with E-state index in [4.69, 9.17) is 9.47 Å². The van der Waals surface area contributed by atoms with E-state index in [0.29, 0.717) is 18.7 Å². The number of rotatable bonds is 3. The molecule has 0 aromatic heterocycles. The number of amides is 1. The lowest BCUT2D eigenvalue weighted by Gasteiger charge is -2.31. The van der Waals surface area contributed by atoms with Crippen LogP contribution in [-0.4, -0.2) is 41.7 Å². The van der Waals surface area contributed by atoms with Gasteiger partial charge in [0.2, 0.25) is 5.75 Å². The first kappa shape index (κ1) is 19.7. The zero-order valence-electron chi connectivity index (χ0n) is 15.4. The van der Waals surface area contributed by atoms with Crippen molar-refractivity contribution in [1.82, 2.24) is 4.90 Å². The number of methoxy groups -OCH3 is 1. The number of benzene rings is 1. The average Bonchev–Trinajstić information content (AvgIpc) is 2.53. The van der Waals surface area contributed by atoms with Crippen LogP contribution in [-0.2, 0) is 4.74 Å². The van der Waals surface area contributed by atoms with Gasteiger partial charge in [0.1, 0.15) is 5.60 Å². The first-order chi connectivity index (χ1) is 12.1. The van der Waals surface area contributed by atoms with Gasteiger partial charge in [0.25, 0.3) is 0 Å². The lowest BCUT2D eigenvalue weighted by molar-refractivity contribution is -0.386. The number of nitro benzene ring substituents is 1. The van der Waals surface area contributed by atoms with Crippen molar-refractivity contribution in [2.45, 2.75) is 39.2 Å². The van der Waals surface area contributed by atoms with Gasteiger partial charge < -0.3 is 14.4 Å². The maximum absolute atomic E-state index is 14.1. The molecule has 1 aromatic rings. The second kappa shape index (κ2) is 7.72. The van der Waals surface area contributed by atoms with Gasteiger partial charge in [-0.2, -0.15) is 0 Å². The second-order valence-corrected chi connectivity index (χ2v) is 7.12. The number of ether oxygens (including phenoxy) is 2. The number of nitrogens with zero attached hydrogens (tertiary/aromatic N) is 2. The quantitative estimate of drug-likeness (QED) is 0.593. The van der Waals surface area contributed by atoms with Crippen molar-refractivity contribution in [2.24, 2.45) is 0 Å². The molecule has 1 fully saturated rings. The first-order valence-corrected chi connectivity index (χ1v) is 8.30. The van der Waals surface area contributed by atoms with Gasteiger partial charge in [-0.1, -0.05) is 11.6 Å². The Bertz CT molecular complexity index is 740. The summed E-state index contributed by atoms with van der Waals surface area (Å²) in [4.78, 5) is 24.2. The van der Waals surface area contributed by atoms with Gasteiger partial charge in [-0.25, -0.2) is 9.18 Å². The van der Waals surface area contributed by atoms with E-state index in [1.165, 1.54) is 19.2 Å². The smallest absolute Gasteiger partial charge is 0.410 e. The van der Waals surface area contributed by atoms with E-state index in [1.54, 1.807) is 31.7 Å². The van der Waals surface area contributed by atoms with Gasteiger partial charge in [0.15, 0.2) is 5.82 Å². The Balaban J connectivity index is 2.24. The monoisotopic (exact) mass is 366 g/mol. The predicted octanol–water partition coefficient (Wildman–Crippen LogP) is 4.16. The van der Waals surface area contributed by atoms with Gasteiger partial charge in [-0.15, -0.1) is 0 Å². The van der Waals surface area contributed by atoms with E-state index in [1.807, 2.05) is 0 Å². The summed E-state index contributed by atoms with van der Waals surface area (Å²) in [5.41, 5.74) is 0.217. The van der Waals surface area contributed by atoms with Crippen LogP contribution in [0.1, 0.15) is 39.2 Å². The summed E-state index contributed by atoms with van der Waals surface area (Å²) in [6.07, 6.45) is 2.73. The Labute approximate surface area is 151 Å². The Morgan fingerprint density at radius 1 is 1.38 bits per heavy atom. The molecule has 0 bridgehead atoms. The number of carbonyl (C=O) groups is 1. The maximum atomic E-state index is 14.1. The van der Waals surface area contributed by atoms with Crippen molar-refractivity contribution >= 4 is 17.9 Å².